The molecule has 0 bridgehead atoms. The quantitative estimate of drug-likeness (QED) is 0.603. The van der Waals surface area contributed by atoms with Crippen molar-refractivity contribution in [3.8, 4) is 0 Å². The largest absolute Gasteiger partial charge is 0.380 e. The monoisotopic (exact) mass is 269 g/mol. The maximum atomic E-state index is 5.91. The molecule has 0 N–H and O–H groups in total. The number of anilines is 1. The van der Waals surface area contributed by atoms with Gasteiger partial charge in [-0.2, -0.15) is 0 Å². The van der Waals surface area contributed by atoms with Crippen molar-refractivity contribution in [3.63, 3.8) is 0 Å². The molecule has 0 amide bonds. The lowest BCUT2D eigenvalue weighted by atomic mass is 10.2. The topological polar surface area (TPSA) is 28.6 Å². The van der Waals surface area contributed by atoms with Crippen molar-refractivity contribution in [1.29, 1.82) is 0 Å². The van der Waals surface area contributed by atoms with Gasteiger partial charge >= 0.3 is 0 Å². The fourth-order valence-electron chi connectivity index (χ4n) is 2.16. The summed E-state index contributed by atoms with van der Waals surface area (Å²) in [6.07, 6.45) is 1.76. The molecule has 0 aromatic carbocycles. The Morgan fingerprint density at radius 2 is 2.11 bits per heavy atom. The van der Waals surface area contributed by atoms with Crippen LogP contribution in [0.3, 0.4) is 0 Å². The highest BCUT2D eigenvalue weighted by Crippen LogP contribution is 2.18. The first-order valence-electron chi connectivity index (χ1n) is 6.46. The summed E-state index contributed by atoms with van der Waals surface area (Å²) >= 11 is 5.91. The molecule has 100 valence electrons. The van der Waals surface area contributed by atoms with Gasteiger partial charge in [0.25, 0.3) is 0 Å². The van der Waals surface area contributed by atoms with E-state index in [1.165, 1.54) is 5.69 Å². The van der Waals surface area contributed by atoms with Gasteiger partial charge in [-0.3, -0.25) is 4.90 Å². The average Bonchev–Trinajstić information content (AvgIpc) is 2.40. The second kappa shape index (κ2) is 6.92. The van der Waals surface area contributed by atoms with Gasteiger partial charge in [0.1, 0.15) is 5.15 Å². The van der Waals surface area contributed by atoms with E-state index in [1.807, 2.05) is 19.1 Å². The molecule has 1 aliphatic rings. The number of halogens is 1. The van der Waals surface area contributed by atoms with Crippen LogP contribution in [0.5, 0.6) is 0 Å². The molecule has 0 saturated carbocycles. The first kappa shape index (κ1) is 13.6. The summed E-state index contributed by atoms with van der Waals surface area (Å²) in [4.78, 5) is 8.80. The number of nitrogens with zero attached hydrogens (tertiary/aromatic N) is 3. The fraction of sp³-hybridized carbons (Fsp3) is 0.615. The van der Waals surface area contributed by atoms with Crippen LogP contribution in [0.1, 0.15) is 6.92 Å². The van der Waals surface area contributed by atoms with Crippen LogP contribution in [0.15, 0.2) is 18.3 Å². The van der Waals surface area contributed by atoms with Gasteiger partial charge in [-0.15, -0.1) is 0 Å². The van der Waals surface area contributed by atoms with Crippen LogP contribution in [-0.2, 0) is 4.74 Å². The minimum Gasteiger partial charge on any atom is -0.380 e. The molecular weight excluding hydrogens is 250 g/mol. The molecule has 0 aliphatic carbocycles. The van der Waals surface area contributed by atoms with E-state index in [0.717, 1.165) is 45.9 Å². The normalized spacial score (nSPS) is 17.1. The summed E-state index contributed by atoms with van der Waals surface area (Å²) in [5, 5.41) is 0.561. The third-order valence-corrected chi connectivity index (χ3v) is 3.41. The molecule has 5 heteroatoms. The highest BCUT2D eigenvalue weighted by atomic mass is 35.5. The lowest BCUT2D eigenvalue weighted by Crippen LogP contribution is -2.47. The Balaban J connectivity index is 1.79. The molecule has 1 aliphatic heterocycles. The van der Waals surface area contributed by atoms with Gasteiger partial charge in [0.05, 0.1) is 6.61 Å². The molecule has 0 spiro atoms. The summed E-state index contributed by atoms with van der Waals surface area (Å²) in [6.45, 7) is 8.91. The van der Waals surface area contributed by atoms with E-state index in [9.17, 15) is 0 Å². The van der Waals surface area contributed by atoms with E-state index in [1.54, 1.807) is 6.20 Å². The van der Waals surface area contributed by atoms with Crippen molar-refractivity contribution in [1.82, 2.24) is 9.88 Å². The SMILES string of the molecule is CCOCCN1CCN(c2ccnc(Cl)c2)CC1. The molecule has 0 atom stereocenters. The first-order valence-corrected chi connectivity index (χ1v) is 6.84. The smallest absolute Gasteiger partial charge is 0.131 e. The summed E-state index contributed by atoms with van der Waals surface area (Å²) < 4.78 is 5.38. The molecule has 0 unspecified atom stereocenters. The summed E-state index contributed by atoms with van der Waals surface area (Å²) in [6, 6.07) is 3.94. The van der Waals surface area contributed by atoms with E-state index in [4.69, 9.17) is 16.3 Å². The Labute approximate surface area is 114 Å². The zero-order valence-corrected chi connectivity index (χ0v) is 11.6. The lowest BCUT2D eigenvalue weighted by Gasteiger charge is -2.36. The molecular formula is C13H20ClN3O. The van der Waals surface area contributed by atoms with Crippen LogP contribution in [0.2, 0.25) is 5.15 Å². The first-order chi connectivity index (χ1) is 8.79. The Kier molecular flexibility index (Phi) is 5.23. The number of rotatable bonds is 5. The minimum atomic E-state index is 0.561. The maximum absolute atomic E-state index is 5.91. The van der Waals surface area contributed by atoms with Crippen LogP contribution in [0, 0.1) is 0 Å². The zero-order valence-electron chi connectivity index (χ0n) is 10.8. The number of hydrogen-bond donors (Lipinski definition) is 0. The number of hydrogen-bond acceptors (Lipinski definition) is 4. The van der Waals surface area contributed by atoms with Crippen LogP contribution >= 0.6 is 11.6 Å². The second-order valence-corrected chi connectivity index (χ2v) is 4.75. The molecule has 4 nitrogen and oxygen atoms in total. The van der Waals surface area contributed by atoms with Crippen LogP contribution < -0.4 is 4.90 Å². The van der Waals surface area contributed by atoms with Crippen molar-refractivity contribution in [3.05, 3.63) is 23.5 Å². The van der Waals surface area contributed by atoms with Crippen LogP contribution in [0.25, 0.3) is 0 Å². The highest BCUT2D eigenvalue weighted by Gasteiger charge is 2.16. The van der Waals surface area contributed by atoms with E-state index >= 15 is 0 Å². The molecule has 2 heterocycles. The lowest BCUT2D eigenvalue weighted by molar-refractivity contribution is 0.111. The highest BCUT2D eigenvalue weighted by molar-refractivity contribution is 6.29. The predicted molar refractivity (Wildman–Crippen MR) is 74.4 cm³/mol. The maximum Gasteiger partial charge on any atom is 0.131 e. The summed E-state index contributed by atoms with van der Waals surface area (Å²) in [7, 11) is 0. The average molecular weight is 270 g/mol. The molecule has 1 aromatic heterocycles. The van der Waals surface area contributed by atoms with Gasteiger partial charge in [-0.25, -0.2) is 4.98 Å². The Morgan fingerprint density at radius 1 is 1.33 bits per heavy atom. The standard InChI is InChI=1S/C13H20ClN3O/c1-2-18-10-9-16-5-7-17(8-6-16)12-3-4-15-13(14)11-12/h3-4,11H,2,5-10H2,1H3. The number of aromatic nitrogens is 1. The Bertz CT molecular complexity index is 367. The Morgan fingerprint density at radius 3 is 2.78 bits per heavy atom. The summed E-state index contributed by atoms with van der Waals surface area (Å²) in [5.41, 5.74) is 1.17. The Hall–Kier alpha value is -0.840. The van der Waals surface area contributed by atoms with Crippen LogP contribution in [0.4, 0.5) is 5.69 Å². The fourth-order valence-corrected chi connectivity index (χ4v) is 2.32. The van der Waals surface area contributed by atoms with E-state index < -0.39 is 0 Å². The molecule has 1 fully saturated rings. The van der Waals surface area contributed by atoms with Gasteiger partial charge in [-0.1, -0.05) is 11.6 Å². The van der Waals surface area contributed by atoms with Crippen LogP contribution in [-0.4, -0.2) is 55.8 Å². The number of ether oxygens (including phenoxy) is 1. The van der Waals surface area contributed by atoms with Gasteiger partial charge in [-0.05, 0) is 19.1 Å². The molecule has 1 saturated heterocycles. The van der Waals surface area contributed by atoms with Crippen molar-refractivity contribution < 1.29 is 4.74 Å². The van der Waals surface area contributed by atoms with Crippen molar-refractivity contribution >= 4 is 17.3 Å². The number of piperazine rings is 1. The van der Waals surface area contributed by atoms with E-state index in [0.29, 0.717) is 5.15 Å². The predicted octanol–water partition coefficient (Wildman–Crippen LogP) is 1.89. The van der Waals surface area contributed by atoms with Crippen molar-refractivity contribution in [2.24, 2.45) is 0 Å². The third kappa shape index (κ3) is 3.83. The summed E-state index contributed by atoms with van der Waals surface area (Å²) in [5.74, 6) is 0. The van der Waals surface area contributed by atoms with Gasteiger partial charge in [0.15, 0.2) is 0 Å². The molecule has 1 aromatic rings. The van der Waals surface area contributed by atoms with Gasteiger partial charge in [0, 0.05) is 51.2 Å². The third-order valence-electron chi connectivity index (χ3n) is 3.20. The number of pyridine rings is 1. The zero-order chi connectivity index (χ0) is 12.8. The van der Waals surface area contributed by atoms with Gasteiger partial charge < -0.3 is 9.64 Å². The molecule has 18 heavy (non-hydrogen) atoms. The van der Waals surface area contributed by atoms with Crippen molar-refractivity contribution in [2.45, 2.75) is 6.92 Å². The van der Waals surface area contributed by atoms with E-state index in [2.05, 4.69) is 14.8 Å². The minimum absolute atomic E-state index is 0.561. The van der Waals surface area contributed by atoms with Crippen molar-refractivity contribution in [2.75, 3.05) is 50.8 Å². The van der Waals surface area contributed by atoms with E-state index in [-0.39, 0.29) is 0 Å². The molecule has 0 radical (unpaired) electrons. The van der Waals surface area contributed by atoms with Gasteiger partial charge in [0.2, 0.25) is 0 Å². The molecule has 2 rings (SSSR count). The second-order valence-electron chi connectivity index (χ2n) is 4.36.